The summed E-state index contributed by atoms with van der Waals surface area (Å²) in [4.78, 5) is 9.49. The fourth-order valence-corrected chi connectivity index (χ4v) is 4.44. The minimum Gasteiger partial charge on any atom is -0.372 e. The van der Waals surface area contributed by atoms with Crippen molar-refractivity contribution < 1.29 is 0 Å². The first kappa shape index (κ1) is 21.0. The number of rotatable bonds is 7. The van der Waals surface area contributed by atoms with Crippen molar-refractivity contribution in [2.45, 2.75) is 52.0 Å². The van der Waals surface area contributed by atoms with Gasteiger partial charge in [0.2, 0.25) is 0 Å². The summed E-state index contributed by atoms with van der Waals surface area (Å²) >= 11 is 0. The quantitative estimate of drug-likeness (QED) is 0.556. The van der Waals surface area contributed by atoms with Gasteiger partial charge in [0.25, 0.3) is 0 Å². The Kier molecular flexibility index (Phi) is 8.01. The molecule has 0 amide bonds. The molecular weight excluding hydrogens is 346 g/mol. The molecule has 0 bridgehead atoms. The third-order valence-corrected chi connectivity index (χ3v) is 6.42. The number of piperidine rings is 1. The monoisotopic (exact) mass is 385 g/mol. The molecule has 2 N–H and O–H groups in total. The van der Waals surface area contributed by atoms with Crippen molar-refractivity contribution in [1.29, 1.82) is 0 Å². The van der Waals surface area contributed by atoms with Gasteiger partial charge in [-0.25, -0.2) is 0 Å². The fraction of sp³-hybridized carbons (Fsp3) is 0.696. The number of anilines is 1. The van der Waals surface area contributed by atoms with Crippen molar-refractivity contribution in [3.63, 3.8) is 0 Å². The number of likely N-dealkylation sites (tertiary alicyclic amines) is 1. The topological polar surface area (TPSA) is 42.9 Å². The predicted octanol–water partition coefficient (Wildman–Crippen LogP) is 3.63. The zero-order valence-electron chi connectivity index (χ0n) is 18.1. The first-order valence-electron chi connectivity index (χ1n) is 11.2. The van der Waals surface area contributed by atoms with Crippen molar-refractivity contribution in [3.8, 4) is 0 Å². The van der Waals surface area contributed by atoms with Crippen LogP contribution in [0, 0.1) is 5.92 Å². The van der Waals surface area contributed by atoms with Crippen LogP contribution < -0.4 is 15.5 Å². The van der Waals surface area contributed by atoms with E-state index in [4.69, 9.17) is 0 Å². The van der Waals surface area contributed by atoms with E-state index in [0.29, 0.717) is 0 Å². The molecule has 0 saturated carbocycles. The number of hydrogen-bond donors (Lipinski definition) is 2. The van der Waals surface area contributed by atoms with Crippen molar-refractivity contribution in [3.05, 3.63) is 29.8 Å². The summed E-state index contributed by atoms with van der Waals surface area (Å²) in [6.07, 6.45) is 6.53. The molecule has 5 nitrogen and oxygen atoms in total. The lowest BCUT2D eigenvalue weighted by Crippen LogP contribution is -2.40. The van der Waals surface area contributed by atoms with Gasteiger partial charge in [-0.3, -0.25) is 4.99 Å². The normalized spacial score (nSPS) is 20.4. The lowest BCUT2D eigenvalue weighted by Gasteiger charge is -2.31. The number of benzene rings is 1. The van der Waals surface area contributed by atoms with Crippen LogP contribution in [-0.2, 0) is 0 Å². The Hall–Kier alpha value is -1.75. The van der Waals surface area contributed by atoms with Crippen LogP contribution in [-0.4, -0.2) is 57.2 Å². The number of hydrogen-bond acceptors (Lipinski definition) is 3. The van der Waals surface area contributed by atoms with Crippen LogP contribution in [0.5, 0.6) is 0 Å². The maximum Gasteiger partial charge on any atom is 0.191 e. The summed E-state index contributed by atoms with van der Waals surface area (Å²) in [5, 5.41) is 7.09. The molecule has 1 aromatic rings. The van der Waals surface area contributed by atoms with E-state index in [1.165, 1.54) is 76.1 Å². The Morgan fingerprint density at radius 2 is 1.93 bits per heavy atom. The van der Waals surface area contributed by atoms with E-state index >= 15 is 0 Å². The van der Waals surface area contributed by atoms with Gasteiger partial charge in [0.1, 0.15) is 0 Å². The Balaban J connectivity index is 1.44. The van der Waals surface area contributed by atoms with E-state index in [2.05, 4.69) is 63.5 Å². The summed E-state index contributed by atoms with van der Waals surface area (Å²) in [5.74, 6) is 1.76. The molecule has 28 heavy (non-hydrogen) atoms. The highest BCUT2D eigenvalue weighted by Crippen LogP contribution is 2.24. The molecular formula is C23H39N5. The molecule has 0 spiro atoms. The molecule has 1 aromatic carbocycles. The first-order valence-corrected chi connectivity index (χ1v) is 11.2. The molecule has 1 atom stereocenters. The highest BCUT2D eigenvalue weighted by molar-refractivity contribution is 5.80. The SMILES string of the molecule is CCN1CCC(CCNC(=NC)NC(C)c2cccc(N3CCCC3)c2)CC1. The fourth-order valence-electron chi connectivity index (χ4n) is 4.44. The minimum atomic E-state index is 0.238. The van der Waals surface area contributed by atoms with E-state index < -0.39 is 0 Å². The lowest BCUT2D eigenvalue weighted by atomic mass is 9.93. The average Bonchev–Trinajstić information content (AvgIpc) is 3.28. The summed E-state index contributed by atoms with van der Waals surface area (Å²) < 4.78 is 0. The standard InChI is InChI=1S/C23H39N5/c1-4-27-16-11-20(12-17-27)10-13-25-23(24-3)26-19(2)21-8-7-9-22(18-21)28-14-5-6-15-28/h7-9,18-20H,4-6,10-17H2,1-3H3,(H2,24,25,26). The molecule has 2 fully saturated rings. The summed E-state index contributed by atoms with van der Waals surface area (Å²) in [7, 11) is 1.86. The van der Waals surface area contributed by atoms with E-state index in [0.717, 1.165) is 18.4 Å². The number of aliphatic imine (C=N–C) groups is 1. The first-order chi connectivity index (χ1) is 13.7. The average molecular weight is 386 g/mol. The van der Waals surface area contributed by atoms with Crippen LogP contribution in [0.15, 0.2) is 29.3 Å². The second kappa shape index (κ2) is 10.7. The van der Waals surface area contributed by atoms with Crippen molar-refractivity contribution in [2.75, 3.05) is 51.2 Å². The molecule has 5 heteroatoms. The Labute approximate surface area is 171 Å². The third-order valence-electron chi connectivity index (χ3n) is 6.42. The molecule has 2 aliphatic rings. The van der Waals surface area contributed by atoms with E-state index in [-0.39, 0.29) is 6.04 Å². The molecule has 156 valence electrons. The molecule has 0 aromatic heterocycles. The lowest BCUT2D eigenvalue weighted by molar-refractivity contribution is 0.187. The number of nitrogens with one attached hydrogen (secondary N) is 2. The van der Waals surface area contributed by atoms with Gasteiger partial charge in [-0.1, -0.05) is 19.1 Å². The molecule has 2 saturated heterocycles. The highest BCUT2D eigenvalue weighted by atomic mass is 15.2. The minimum absolute atomic E-state index is 0.238. The number of nitrogens with zero attached hydrogens (tertiary/aromatic N) is 3. The zero-order chi connectivity index (χ0) is 19.8. The summed E-state index contributed by atoms with van der Waals surface area (Å²) in [5.41, 5.74) is 2.67. The Bertz CT molecular complexity index is 615. The highest BCUT2D eigenvalue weighted by Gasteiger charge is 2.18. The van der Waals surface area contributed by atoms with Crippen LogP contribution >= 0.6 is 0 Å². The van der Waals surface area contributed by atoms with Gasteiger partial charge in [-0.2, -0.15) is 0 Å². The van der Waals surface area contributed by atoms with Gasteiger partial charge in [0.15, 0.2) is 5.96 Å². The predicted molar refractivity (Wildman–Crippen MR) is 120 cm³/mol. The molecule has 2 heterocycles. The molecule has 1 unspecified atom stereocenters. The molecule has 2 aliphatic heterocycles. The van der Waals surface area contributed by atoms with Gasteiger partial charge < -0.3 is 20.4 Å². The third kappa shape index (κ3) is 5.87. The number of guanidine groups is 1. The maximum absolute atomic E-state index is 4.44. The van der Waals surface area contributed by atoms with Crippen molar-refractivity contribution in [1.82, 2.24) is 15.5 Å². The van der Waals surface area contributed by atoms with Gasteiger partial charge in [-0.05, 0) is 82.3 Å². The van der Waals surface area contributed by atoms with Crippen LogP contribution in [0.2, 0.25) is 0 Å². The van der Waals surface area contributed by atoms with E-state index in [1.54, 1.807) is 0 Å². The Morgan fingerprint density at radius 3 is 2.61 bits per heavy atom. The molecule has 3 rings (SSSR count). The van der Waals surface area contributed by atoms with Crippen LogP contribution in [0.25, 0.3) is 0 Å². The maximum atomic E-state index is 4.44. The van der Waals surface area contributed by atoms with Crippen molar-refractivity contribution in [2.24, 2.45) is 10.9 Å². The van der Waals surface area contributed by atoms with Gasteiger partial charge in [0, 0.05) is 32.4 Å². The smallest absolute Gasteiger partial charge is 0.191 e. The molecule has 0 radical (unpaired) electrons. The van der Waals surface area contributed by atoms with Crippen LogP contribution in [0.1, 0.15) is 57.6 Å². The van der Waals surface area contributed by atoms with E-state index in [1.807, 2.05) is 7.05 Å². The Morgan fingerprint density at radius 1 is 1.18 bits per heavy atom. The summed E-state index contributed by atoms with van der Waals surface area (Å²) in [6, 6.07) is 9.20. The van der Waals surface area contributed by atoms with Gasteiger partial charge in [-0.15, -0.1) is 0 Å². The zero-order valence-corrected chi connectivity index (χ0v) is 18.1. The largest absolute Gasteiger partial charge is 0.372 e. The van der Waals surface area contributed by atoms with Gasteiger partial charge >= 0.3 is 0 Å². The molecule has 0 aliphatic carbocycles. The second-order valence-corrected chi connectivity index (χ2v) is 8.32. The van der Waals surface area contributed by atoms with E-state index in [9.17, 15) is 0 Å². The second-order valence-electron chi connectivity index (χ2n) is 8.32. The van der Waals surface area contributed by atoms with Crippen LogP contribution in [0.3, 0.4) is 0 Å². The van der Waals surface area contributed by atoms with Crippen LogP contribution in [0.4, 0.5) is 5.69 Å². The van der Waals surface area contributed by atoms with Crippen molar-refractivity contribution >= 4 is 11.6 Å². The van der Waals surface area contributed by atoms with Gasteiger partial charge in [0.05, 0.1) is 6.04 Å². The summed E-state index contributed by atoms with van der Waals surface area (Å²) in [6.45, 7) is 11.6.